The normalized spacial score (nSPS) is 12.6. The number of methoxy groups -OCH3 is 2. The summed E-state index contributed by atoms with van der Waals surface area (Å²) in [4.78, 5) is 30.8. The molecule has 0 saturated heterocycles. The lowest BCUT2D eigenvalue weighted by Gasteiger charge is -2.32. The van der Waals surface area contributed by atoms with Crippen LogP contribution in [0.15, 0.2) is 59.2 Å². The van der Waals surface area contributed by atoms with Crippen LogP contribution in [0.2, 0.25) is 0 Å². The van der Waals surface area contributed by atoms with E-state index in [0.717, 1.165) is 4.90 Å². The number of benzene rings is 2. The number of carbonyl (C=O) groups is 2. The van der Waals surface area contributed by atoms with E-state index >= 15 is 4.39 Å². The van der Waals surface area contributed by atoms with Gasteiger partial charge in [0.15, 0.2) is 5.76 Å². The van der Waals surface area contributed by atoms with Gasteiger partial charge >= 0.3 is 0 Å². The van der Waals surface area contributed by atoms with Gasteiger partial charge in [-0.25, -0.2) is 4.39 Å². The van der Waals surface area contributed by atoms with E-state index in [-0.39, 0.29) is 29.3 Å². The Morgan fingerprint density at radius 2 is 1.84 bits per heavy atom. The summed E-state index contributed by atoms with van der Waals surface area (Å²) >= 11 is 0. The van der Waals surface area contributed by atoms with Crippen LogP contribution in [0, 0.1) is 5.82 Å². The van der Waals surface area contributed by atoms with Gasteiger partial charge in [-0.2, -0.15) is 0 Å². The van der Waals surface area contributed by atoms with Crippen molar-refractivity contribution in [2.24, 2.45) is 0 Å². The third kappa shape index (κ3) is 6.46. The van der Waals surface area contributed by atoms with Crippen LogP contribution in [0.4, 0.5) is 10.1 Å². The first-order chi connectivity index (χ1) is 17.7. The van der Waals surface area contributed by atoms with Crippen molar-refractivity contribution in [1.29, 1.82) is 0 Å². The second-order valence-electron chi connectivity index (χ2n) is 8.74. The fourth-order valence-electron chi connectivity index (χ4n) is 3.89. The van der Waals surface area contributed by atoms with Crippen LogP contribution < -0.4 is 19.7 Å². The quantitative estimate of drug-likeness (QED) is 0.405. The largest absolute Gasteiger partial charge is 0.497 e. The highest BCUT2D eigenvalue weighted by molar-refractivity contribution is 6.10. The third-order valence-corrected chi connectivity index (χ3v) is 5.57. The maximum Gasteiger partial charge on any atom is 0.295 e. The van der Waals surface area contributed by atoms with Gasteiger partial charge in [-0.05, 0) is 45.3 Å². The number of hydrogen-bond donors (Lipinski definition) is 2. The number of aliphatic hydroxyl groups excluding tert-OH is 1. The molecule has 2 N–H and O–H groups in total. The Bertz CT molecular complexity index is 1230. The van der Waals surface area contributed by atoms with Gasteiger partial charge in [0, 0.05) is 30.3 Å². The molecule has 0 aliphatic heterocycles. The third-order valence-electron chi connectivity index (χ3n) is 5.57. The second kappa shape index (κ2) is 12.4. The highest BCUT2D eigenvalue weighted by Crippen LogP contribution is 2.39. The molecule has 9 nitrogen and oxygen atoms in total. The molecular formula is C27H32FN3O6. The summed E-state index contributed by atoms with van der Waals surface area (Å²) in [5.74, 6) is -1.38. The lowest BCUT2D eigenvalue weighted by Crippen LogP contribution is -2.46. The van der Waals surface area contributed by atoms with Crippen LogP contribution in [0.5, 0.6) is 11.5 Å². The summed E-state index contributed by atoms with van der Waals surface area (Å²) in [6, 6.07) is 10.6. The number of furan rings is 1. The molecule has 198 valence electrons. The highest BCUT2D eigenvalue weighted by Gasteiger charge is 2.38. The predicted molar refractivity (Wildman–Crippen MR) is 136 cm³/mol. The zero-order valence-electron chi connectivity index (χ0n) is 21.5. The minimum absolute atomic E-state index is 0.00348. The summed E-state index contributed by atoms with van der Waals surface area (Å²) in [7, 11) is 6.59. The van der Waals surface area contributed by atoms with E-state index in [1.54, 1.807) is 30.3 Å². The summed E-state index contributed by atoms with van der Waals surface area (Å²) in [6.45, 7) is 1.80. The van der Waals surface area contributed by atoms with E-state index < -0.39 is 29.8 Å². The lowest BCUT2D eigenvalue weighted by atomic mass is 10.0. The minimum atomic E-state index is -1.47. The molecule has 0 radical (unpaired) electrons. The SMILES string of the molecule is COc1ccc(N(C(=O)c2occc2CN(C)C)C(C(=O)NC[C@@H](C)O)c2ccccc2F)c(OC)c1. The van der Waals surface area contributed by atoms with Crippen molar-refractivity contribution >= 4 is 17.5 Å². The van der Waals surface area contributed by atoms with Gasteiger partial charge in [-0.1, -0.05) is 18.2 Å². The minimum Gasteiger partial charge on any atom is -0.497 e. The van der Waals surface area contributed by atoms with Gasteiger partial charge in [-0.3, -0.25) is 14.5 Å². The second-order valence-corrected chi connectivity index (χ2v) is 8.74. The molecule has 2 atom stereocenters. The molecule has 1 heterocycles. The van der Waals surface area contributed by atoms with Crippen molar-refractivity contribution in [3.63, 3.8) is 0 Å². The van der Waals surface area contributed by atoms with Gasteiger partial charge in [0.25, 0.3) is 5.91 Å². The van der Waals surface area contributed by atoms with Crippen LogP contribution in [0.25, 0.3) is 0 Å². The fourth-order valence-corrected chi connectivity index (χ4v) is 3.89. The molecule has 10 heteroatoms. The summed E-state index contributed by atoms with van der Waals surface area (Å²) < 4.78 is 31.6. The lowest BCUT2D eigenvalue weighted by molar-refractivity contribution is -0.123. The monoisotopic (exact) mass is 513 g/mol. The Kier molecular flexibility index (Phi) is 9.26. The molecule has 0 spiro atoms. The van der Waals surface area contributed by atoms with E-state index in [2.05, 4.69) is 5.32 Å². The Balaban J connectivity index is 2.27. The van der Waals surface area contributed by atoms with Crippen LogP contribution in [-0.4, -0.2) is 62.8 Å². The maximum atomic E-state index is 15.2. The predicted octanol–water partition coefficient (Wildman–Crippen LogP) is 3.38. The topological polar surface area (TPSA) is 104 Å². The van der Waals surface area contributed by atoms with Gasteiger partial charge in [0.2, 0.25) is 5.91 Å². The Hall–Kier alpha value is -3.89. The first-order valence-corrected chi connectivity index (χ1v) is 11.6. The zero-order valence-corrected chi connectivity index (χ0v) is 21.5. The van der Waals surface area contributed by atoms with Gasteiger partial charge < -0.3 is 29.2 Å². The fraction of sp³-hybridized carbons (Fsp3) is 0.333. The Morgan fingerprint density at radius 3 is 2.46 bits per heavy atom. The number of amides is 2. The number of hydrogen-bond acceptors (Lipinski definition) is 7. The molecule has 1 aromatic heterocycles. The summed E-state index contributed by atoms with van der Waals surface area (Å²) in [5.41, 5.74) is 0.739. The standard InChI is InChI=1S/C27H32FN3O6/c1-17(32)15-29-26(33)24(20-8-6-7-9-21(20)28)31(22-11-10-19(35-4)14-23(22)36-5)27(34)25-18(12-13-37-25)16-30(2)3/h6-14,17,24,32H,15-16H2,1-5H3,(H,29,33)/t17-,24?/m1/s1. The van der Waals surface area contributed by atoms with Crippen LogP contribution >= 0.6 is 0 Å². The maximum absolute atomic E-state index is 15.2. The molecule has 0 aliphatic rings. The smallest absolute Gasteiger partial charge is 0.295 e. The molecule has 0 saturated carbocycles. The zero-order chi connectivity index (χ0) is 27.1. The molecule has 1 unspecified atom stereocenters. The number of ether oxygens (including phenoxy) is 2. The van der Waals surface area contributed by atoms with Crippen molar-refractivity contribution in [3.05, 3.63) is 77.5 Å². The number of nitrogens with one attached hydrogen (secondary N) is 1. The molecule has 2 aromatic carbocycles. The van der Waals surface area contributed by atoms with Gasteiger partial charge in [0.1, 0.15) is 23.4 Å². The molecule has 3 rings (SSSR count). The van der Waals surface area contributed by atoms with Crippen molar-refractivity contribution < 1.29 is 33.0 Å². The van der Waals surface area contributed by atoms with Crippen molar-refractivity contribution in [3.8, 4) is 11.5 Å². The Morgan fingerprint density at radius 1 is 1.11 bits per heavy atom. The number of halogens is 1. The van der Waals surface area contributed by atoms with E-state index in [0.29, 0.717) is 17.9 Å². The molecule has 37 heavy (non-hydrogen) atoms. The number of rotatable bonds is 11. The number of nitrogens with zero attached hydrogens (tertiary/aromatic N) is 2. The highest BCUT2D eigenvalue weighted by atomic mass is 19.1. The molecule has 3 aromatic rings. The van der Waals surface area contributed by atoms with Crippen molar-refractivity contribution in [1.82, 2.24) is 10.2 Å². The summed E-state index contributed by atoms with van der Waals surface area (Å²) in [6.07, 6.45) is 0.530. The molecule has 0 aliphatic carbocycles. The number of aliphatic hydroxyl groups is 1. The Labute approximate surface area is 215 Å². The molecule has 0 bridgehead atoms. The van der Waals surface area contributed by atoms with E-state index in [1.807, 2.05) is 19.0 Å². The number of carbonyl (C=O) groups excluding carboxylic acids is 2. The molecular weight excluding hydrogens is 481 g/mol. The van der Waals surface area contributed by atoms with E-state index in [4.69, 9.17) is 13.9 Å². The van der Waals surface area contributed by atoms with Crippen LogP contribution in [0.1, 0.15) is 34.6 Å². The first-order valence-electron chi connectivity index (χ1n) is 11.6. The molecule has 0 fully saturated rings. The average molecular weight is 514 g/mol. The van der Waals surface area contributed by atoms with Crippen molar-refractivity contribution in [2.45, 2.75) is 25.6 Å². The van der Waals surface area contributed by atoms with Crippen LogP contribution in [-0.2, 0) is 11.3 Å². The summed E-state index contributed by atoms with van der Waals surface area (Å²) in [5, 5.41) is 12.4. The molecule has 2 amide bonds. The van der Waals surface area contributed by atoms with Gasteiger partial charge in [-0.15, -0.1) is 0 Å². The number of anilines is 1. The first kappa shape index (κ1) is 27.7. The van der Waals surface area contributed by atoms with E-state index in [1.165, 1.54) is 45.6 Å². The van der Waals surface area contributed by atoms with Gasteiger partial charge in [0.05, 0.1) is 32.3 Å². The van der Waals surface area contributed by atoms with Crippen molar-refractivity contribution in [2.75, 3.05) is 39.8 Å². The van der Waals surface area contributed by atoms with E-state index in [9.17, 15) is 14.7 Å². The van der Waals surface area contributed by atoms with Crippen LogP contribution in [0.3, 0.4) is 0 Å². The average Bonchev–Trinajstić information content (AvgIpc) is 3.33.